The summed E-state index contributed by atoms with van der Waals surface area (Å²) in [6, 6.07) is 11.3. The molecule has 7 heteroatoms. The second-order valence-corrected chi connectivity index (χ2v) is 6.95. The van der Waals surface area contributed by atoms with Crippen molar-refractivity contribution in [3.8, 4) is 5.88 Å². The first-order valence-electron chi connectivity index (χ1n) is 9.02. The molecule has 1 atom stereocenters. The van der Waals surface area contributed by atoms with E-state index in [9.17, 15) is 9.90 Å². The van der Waals surface area contributed by atoms with Crippen molar-refractivity contribution in [2.75, 3.05) is 7.11 Å². The van der Waals surface area contributed by atoms with Crippen LogP contribution in [0.3, 0.4) is 0 Å². The van der Waals surface area contributed by atoms with Crippen LogP contribution in [0.1, 0.15) is 24.4 Å². The maximum atomic E-state index is 12.6. The molecule has 1 saturated carbocycles. The van der Waals surface area contributed by atoms with Crippen molar-refractivity contribution in [3.05, 3.63) is 54.4 Å². The summed E-state index contributed by atoms with van der Waals surface area (Å²) in [6.07, 6.45) is 4.63. The molecule has 0 bridgehead atoms. The predicted molar refractivity (Wildman–Crippen MR) is 100 cm³/mol. The van der Waals surface area contributed by atoms with E-state index in [1.165, 1.54) is 0 Å². The van der Waals surface area contributed by atoms with Crippen LogP contribution >= 0.6 is 0 Å². The first kappa shape index (κ1) is 17.5. The van der Waals surface area contributed by atoms with Gasteiger partial charge in [0.25, 0.3) is 0 Å². The quantitative estimate of drug-likeness (QED) is 0.697. The van der Waals surface area contributed by atoms with E-state index in [2.05, 4.69) is 15.4 Å². The van der Waals surface area contributed by atoms with Crippen LogP contribution in [0.4, 0.5) is 0 Å². The minimum atomic E-state index is -0.294. The molecule has 0 aliphatic heterocycles. The van der Waals surface area contributed by atoms with Crippen molar-refractivity contribution < 1.29 is 14.6 Å². The highest BCUT2D eigenvalue weighted by atomic mass is 16.5. The van der Waals surface area contributed by atoms with E-state index in [0.29, 0.717) is 18.7 Å². The molecular formula is C20H22N4O3. The number of carbonyl (C=O) groups is 1. The normalized spacial score (nSPS) is 20.1. The second-order valence-electron chi connectivity index (χ2n) is 6.95. The van der Waals surface area contributed by atoms with E-state index in [1.54, 1.807) is 24.1 Å². The molecule has 0 spiro atoms. The molecule has 2 N–H and O–H groups in total. The number of amides is 1. The highest BCUT2D eigenvalue weighted by Crippen LogP contribution is 2.38. The Labute approximate surface area is 157 Å². The average molecular weight is 366 g/mol. The third-order valence-electron chi connectivity index (χ3n) is 5.03. The molecule has 0 unspecified atom stereocenters. The Balaban J connectivity index is 1.48. The number of aliphatic hydroxyl groups excluding tert-OH is 1. The SMILES string of the molecule is COc1ccc([C@H](NC(=O)Cn2cc3ccccc3n2)C2CC(O)C2)cn1. The Bertz CT molecular complexity index is 899. The molecule has 1 amide bonds. The van der Waals surface area contributed by atoms with Gasteiger partial charge in [0.15, 0.2) is 0 Å². The summed E-state index contributed by atoms with van der Waals surface area (Å²) in [4.78, 5) is 16.9. The third kappa shape index (κ3) is 3.78. The summed E-state index contributed by atoms with van der Waals surface area (Å²) in [6.45, 7) is 0.143. The predicted octanol–water partition coefficient (Wildman–Crippen LogP) is 2.07. The number of aromatic nitrogens is 3. The van der Waals surface area contributed by atoms with Crippen LogP contribution in [0.15, 0.2) is 48.8 Å². The van der Waals surface area contributed by atoms with Gasteiger partial charge in [-0.05, 0) is 30.4 Å². The number of rotatable bonds is 6. The summed E-state index contributed by atoms with van der Waals surface area (Å²) < 4.78 is 6.76. The lowest BCUT2D eigenvalue weighted by atomic mass is 9.75. The smallest absolute Gasteiger partial charge is 0.242 e. The summed E-state index contributed by atoms with van der Waals surface area (Å²) in [5.41, 5.74) is 1.77. The summed E-state index contributed by atoms with van der Waals surface area (Å²) in [5.74, 6) is 0.599. The molecule has 1 aliphatic rings. The number of nitrogens with one attached hydrogen (secondary N) is 1. The van der Waals surface area contributed by atoms with Crippen LogP contribution < -0.4 is 10.1 Å². The first-order valence-corrected chi connectivity index (χ1v) is 9.02. The topological polar surface area (TPSA) is 89.3 Å². The number of aliphatic hydroxyl groups is 1. The van der Waals surface area contributed by atoms with Gasteiger partial charge < -0.3 is 15.2 Å². The Hall–Kier alpha value is -2.93. The molecule has 1 fully saturated rings. The summed E-state index contributed by atoms with van der Waals surface area (Å²) >= 11 is 0. The van der Waals surface area contributed by atoms with E-state index < -0.39 is 0 Å². The Kier molecular flexibility index (Phi) is 4.77. The molecule has 2 heterocycles. The summed E-state index contributed by atoms with van der Waals surface area (Å²) in [7, 11) is 1.57. The molecule has 2 aromatic heterocycles. The van der Waals surface area contributed by atoms with Gasteiger partial charge in [-0.25, -0.2) is 4.98 Å². The highest BCUT2D eigenvalue weighted by molar-refractivity contribution is 5.80. The fourth-order valence-corrected chi connectivity index (χ4v) is 3.53. The molecule has 1 aliphatic carbocycles. The number of ether oxygens (including phenoxy) is 1. The Morgan fingerprint density at radius 3 is 2.81 bits per heavy atom. The number of benzene rings is 1. The fraction of sp³-hybridized carbons (Fsp3) is 0.350. The van der Waals surface area contributed by atoms with Gasteiger partial charge in [0.2, 0.25) is 11.8 Å². The fourth-order valence-electron chi connectivity index (χ4n) is 3.53. The molecule has 7 nitrogen and oxygen atoms in total. The Morgan fingerprint density at radius 2 is 2.15 bits per heavy atom. The second kappa shape index (κ2) is 7.36. The number of pyridine rings is 1. The van der Waals surface area contributed by atoms with E-state index in [0.717, 1.165) is 16.5 Å². The zero-order chi connectivity index (χ0) is 18.8. The third-order valence-corrected chi connectivity index (χ3v) is 5.03. The minimum absolute atomic E-state index is 0.120. The molecule has 3 aromatic rings. The molecular weight excluding hydrogens is 344 g/mol. The van der Waals surface area contributed by atoms with Crippen LogP contribution in [0.25, 0.3) is 10.9 Å². The van der Waals surface area contributed by atoms with Crippen LogP contribution in [0.2, 0.25) is 0 Å². The van der Waals surface area contributed by atoms with Crippen molar-refractivity contribution >= 4 is 16.8 Å². The van der Waals surface area contributed by atoms with E-state index in [-0.39, 0.29) is 30.5 Å². The number of hydrogen-bond acceptors (Lipinski definition) is 5. The van der Waals surface area contributed by atoms with Gasteiger partial charge in [0, 0.05) is 23.8 Å². The average Bonchev–Trinajstić information content (AvgIpc) is 3.06. The Morgan fingerprint density at radius 1 is 1.33 bits per heavy atom. The number of carbonyl (C=O) groups excluding carboxylic acids is 1. The number of methoxy groups -OCH3 is 1. The van der Waals surface area contributed by atoms with Gasteiger partial charge >= 0.3 is 0 Å². The lowest BCUT2D eigenvalue weighted by Crippen LogP contribution is -2.42. The van der Waals surface area contributed by atoms with Crippen molar-refractivity contribution in [2.45, 2.75) is 31.5 Å². The lowest BCUT2D eigenvalue weighted by molar-refractivity contribution is -0.123. The largest absolute Gasteiger partial charge is 0.481 e. The van der Waals surface area contributed by atoms with E-state index in [1.807, 2.05) is 36.5 Å². The molecule has 0 radical (unpaired) electrons. The molecule has 4 rings (SSSR count). The van der Waals surface area contributed by atoms with Gasteiger partial charge in [-0.1, -0.05) is 24.3 Å². The van der Waals surface area contributed by atoms with Crippen molar-refractivity contribution in [2.24, 2.45) is 5.92 Å². The first-order chi connectivity index (χ1) is 13.1. The maximum absolute atomic E-state index is 12.6. The van der Waals surface area contributed by atoms with Gasteiger partial charge in [-0.15, -0.1) is 0 Å². The van der Waals surface area contributed by atoms with E-state index >= 15 is 0 Å². The van der Waals surface area contributed by atoms with Crippen LogP contribution in [0.5, 0.6) is 5.88 Å². The van der Waals surface area contributed by atoms with Gasteiger partial charge in [0.05, 0.1) is 24.8 Å². The maximum Gasteiger partial charge on any atom is 0.242 e. The number of hydrogen-bond donors (Lipinski definition) is 2. The van der Waals surface area contributed by atoms with E-state index in [4.69, 9.17) is 4.74 Å². The van der Waals surface area contributed by atoms with Crippen molar-refractivity contribution in [1.29, 1.82) is 0 Å². The van der Waals surface area contributed by atoms with Crippen LogP contribution in [0, 0.1) is 5.92 Å². The standard InChI is InChI=1S/C20H22N4O3/c1-27-19-7-6-13(10-21-19)20(15-8-16(25)9-15)22-18(26)12-24-11-14-4-2-3-5-17(14)23-24/h2-7,10-11,15-16,20,25H,8-9,12H2,1H3,(H,22,26)/t15?,16?,20-/m0/s1. The van der Waals surface area contributed by atoms with Gasteiger partial charge in [-0.3, -0.25) is 9.48 Å². The van der Waals surface area contributed by atoms with Crippen molar-refractivity contribution in [3.63, 3.8) is 0 Å². The van der Waals surface area contributed by atoms with Crippen molar-refractivity contribution in [1.82, 2.24) is 20.1 Å². The van der Waals surface area contributed by atoms with Crippen LogP contribution in [-0.2, 0) is 11.3 Å². The van der Waals surface area contributed by atoms with Gasteiger partial charge in [-0.2, -0.15) is 5.10 Å². The van der Waals surface area contributed by atoms with Gasteiger partial charge in [0.1, 0.15) is 6.54 Å². The molecule has 27 heavy (non-hydrogen) atoms. The monoisotopic (exact) mass is 366 g/mol. The summed E-state index contributed by atoms with van der Waals surface area (Å²) in [5, 5.41) is 18.2. The highest BCUT2D eigenvalue weighted by Gasteiger charge is 2.35. The number of fused-ring (bicyclic) bond motifs is 1. The zero-order valence-electron chi connectivity index (χ0n) is 15.1. The molecule has 140 valence electrons. The zero-order valence-corrected chi connectivity index (χ0v) is 15.1. The minimum Gasteiger partial charge on any atom is -0.481 e. The molecule has 1 aromatic carbocycles. The van der Waals surface area contributed by atoms with Crippen LogP contribution in [-0.4, -0.2) is 39.0 Å². The molecule has 0 saturated heterocycles. The lowest BCUT2D eigenvalue weighted by Gasteiger charge is -2.38. The number of nitrogens with zero attached hydrogens (tertiary/aromatic N) is 3.